The van der Waals surface area contributed by atoms with Gasteiger partial charge in [-0.1, -0.05) is 31.5 Å². The Balaban J connectivity index is 2.65. The molecule has 0 aromatic heterocycles. The van der Waals surface area contributed by atoms with Gasteiger partial charge >= 0.3 is 0 Å². The minimum atomic E-state index is -0.186. The third kappa shape index (κ3) is 4.59. The van der Waals surface area contributed by atoms with Crippen molar-refractivity contribution in [3.05, 3.63) is 42.3 Å². The van der Waals surface area contributed by atoms with Crippen LogP contribution in [0.5, 0.6) is 0 Å². The molecule has 0 spiro atoms. The highest BCUT2D eigenvalue weighted by molar-refractivity contribution is 5.94. The van der Waals surface area contributed by atoms with Crippen molar-refractivity contribution in [2.75, 3.05) is 0 Å². The lowest BCUT2D eigenvalue weighted by atomic mass is 10.1. The zero-order valence-corrected chi connectivity index (χ0v) is 9.84. The summed E-state index contributed by atoms with van der Waals surface area (Å²) in [4.78, 5) is 11.6. The molecule has 0 bridgehead atoms. The number of hydrogen-bond donors (Lipinski definition) is 1. The summed E-state index contributed by atoms with van der Waals surface area (Å²) in [5.41, 5.74) is 0.650. The number of carbonyl (C=O) groups excluding carboxylic acids is 1. The Morgan fingerprint density at radius 1 is 1.35 bits per heavy atom. The highest BCUT2D eigenvalue weighted by Crippen LogP contribution is 2.13. The number of ketones is 1. The number of azo groups is 1. The second-order valence-corrected chi connectivity index (χ2v) is 3.58. The molecule has 0 saturated heterocycles. The first-order valence-corrected chi connectivity index (χ1v) is 5.62. The van der Waals surface area contributed by atoms with Gasteiger partial charge in [-0.2, -0.15) is 5.11 Å². The standard InChI is InChI=1S/C13H16N2O2/c1-2-3-9-13(17)12(10-16)15-14-11-7-5-4-6-8-11/h4-8,10,16H,2-3,9H2,1H3/b12-10+,15-14?. The van der Waals surface area contributed by atoms with Crippen LogP contribution in [-0.2, 0) is 4.79 Å². The molecule has 0 saturated carbocycles. The predicted molar refractivity (Wildman–Crippen MR) is 66.2 cm³/mol. The van der Waals surface area contributed by atoms with Crippen LogP contribution >= 0.6 is 0 Å². The summed E-state index contributed by atoms with van der Waals surface area (Å²) in [6.07, 6.45) is 2.82. The summed E-state index contributed by atoms with van der Waals surface area (Å²) < 4.78 is 0. The van der Waals surface area contributed by atoms with Gasteiger partial charge in [-0.05, 0) is 18.6 Å². The van der Waals surface area contributed by atoms with Crippen molar-refractivity contribution in [1.82, 2.24) is 0 Å². The molecule has 0 fully saturated rings. The van der Waals surface area contributed by atoms with Crippen LogP contribution in [0.4, 0.5) is 5.69 Å². The largest absolute Gasteiger partial charge is 0.513 e. The highest BCUT2D eigenvalue weighted by atomic mass is 16.2. The van der Waals surface area contributed by atoms with E-state index in [9.17, 15) is 4.79 Å². The maximum atomic E-state index is 11.6. The number of Topliss-reactive ketones (excluding diaryl/α,β-unsaturated/α-hetero) is 1. The van der Waals surface area contributed by atoms with E-state index in [1.165, 1.54) is 0 Å². The molecule has 0 amide bonds. The molecular weight excluding hydrogens is 216 g/mol. The lowest BCUT2D eigenvalue weighted by molar-refractivity contribution is -0.115. The lowest BCUT2D eigenvalue weighted by Gasteiger charge is -1.97. The van der Waals surface area contributed by atoms with E-state index in [1.54, 1.807) is 12.1 Å². The minimum Gasteiger partial charge on any atom is -0.513 e. The number of benzene rings is 1. The minimum absolute atomic E-state index is 0.00213. The molecule has 0 heterocycles. The number of aliphatic hydroxyl groups excluding tert-OH is 1. The van der Waals surface area contributed by atoms with Crippen molar-refractivity contribution in [2.45, 2.75) is 26.2 Å². The van der Waals surface area contributed by atoms with Crippen LogP contribution in [-0.4, -0.2) is 10.9 Å². The zero-order chi connectivity index (χ0) is 12.5. The summed E-state index contributed by atoms with van der Waals surface area (Å²) in [6.45, 7) is 2.00. The number of aliphatic hydroxyl groups is 1. The van der Waals surface area contributed by atoms with Gasteiger partial charge in [0.2, 0.25) is 0 Å². The normalized spacial score (nSPS) is 11.9. The first-order chi connectivity index (χ1) is 8.27. The van der Waals surface area contributed by atoms with Gasteiger partial charge in [-0.15, -0.1) is 5.11 Å². The highest BCUT2D eigenvalue weighted by Gasteiger charge is 2.08. The third-order valence-corrected chi connectivity index (χ3v) is 2.19. The van der Waals surface area contributed by atoms with Crippen LogP contribution < -0.4 is 0 Å². The summed E-state index contributed by atoms with van der Waals surface area (Å²) >= 11 is 0. The Bertz CT molecular complexity index is 411. The Morgan fingerprint density at radius 2 is 2.06 bits per heavy atom. The Kier molecular flexibility index (Phi) is 5.64. The monoisotopic (exact) mass is 232 g/mol. The van der Waals surface area contributed by atoms with Crippen molar-refractivity contribution >= 4 is 11.5 Å². The molecule has 0 unspecified atom stereocenters. The van der Waals surface area contributed by atoms with Gasteiger partial charge in [0.1, 0.15) is 6.26 Å². The fourth-order valence-electron chi connectivity index (χ4n) is 1.23. The summed E-state index contributed by atoms with van der Waals surface area (Å²) in [7, 11) is 0. The second-order valence-electron chi connectivity index (χ2n) is 3.58. The third-order valence-electron chi connectivity index (χ3n) is 2.19. The van der Waals surface area contributed by atoms with E-state index in [2.05, 4.69) is 10.2 Å². The average Bonchev–Trinajstić information content (AvgIpc) is 2.38. The van der Waals surface area contributed by atoms with Crippen LogP contribution in [0, 0.1) is 0 Å². The molecule has 0 aliphatic carbocycles. The van der Waals surface area contributed by atoms with Gasteiger partial charge in [-0.25, -0.2) is 0 Å². The fourth-order valence-corrected chi connectivity index (χ4v) is 1.23. The maximum absolute atomic E-state index is 11.6. The maximum Gasteiger partial charge on any atom is 0.186 e. The summed E-state index contributed by atoms with van der Waals surface area (Å²) in [5, 5.41) is 16.6. The van der Waals surface area contributed by atoms with Crippen molar-refractivity contribution in [3.63, 3.8) is 0 Å². The van der Waals surface area contributed by atoms with Gasteiger partial charge in [0.25, 0.3) is 0 Å². The molecule has 17 heavy (non-hydrogen) atoms. The van der Waals surface area contributed by atoms with Crippen molar-refractivity contribution < 1.29 is 9.90 Å². The van der Waals surface area contributed by atoms with E-state index in [-0.39, 0.29) is 11.5 Å². The van der Waals surface area contributed by atoms with Crippen LogP contribution in [0.2, 0.25) is 0 Å². The van der Waals surface area contributed by atoms with E-state index in [0.29, 0.717) is 18.4 Å². The van der Waals surface area contributed by atoms with Crippen LogP contribution in [0.25, 0.3) is 0 Å². The molecule has 4 nitrogen and oxygen atoms in total. The SMILES string of the molecule is CCCCC(=O)/C(=C\O)N=Nc1ccccc1. The van der Waals surface area contributed by atoms with E-state index >= 15 is 0 Å². The van der Waals surface area contributed by atoms with Crippen molar-refractivity contribution in [1.29, 1.82) is 0 Å². The summed E-state index contributed by atoms with van der Waals surface area (Å²) in [6, 6.07) is 9.07. The van der Waals surface area contributed by atoms with E-state index in [1.807, 2.05) is 25.1 Å². The summed E-state index contributed by atoms with van der Waals surface area (Å²) in [5.74, 6) is -0.186. The predicted octanol–water partition coefficient (Wildman–Crippen LogP) is 3.93. The lowest BCUT2D eigenvalue weighted by Crippen LogP contribution is -1.99. The molecule has 1 rings (SSSR count). The molecule has 0 radical (unpaired) electrons. The topological polar surface area (TPSA) is 62.0 Å². The molecule has 1 aromatic carbocycles. The zero-order valence-electron chi connectivity index (χ0n) is 9.84. The fraction of sp³-hybridized carbons (Fsp3) is 0.308. The van der Waals surface area contributed by atoms with Gasteiger partial charge in [0.05, 0.1) is 5.69 Å². The van der Waals surface area contributed by atoms with E-state index in [0.717, 1.165) is 12.8 Å². The van der Waals surface area contributed by atoms with E-state index < -0.39 is 0 Å². The van der Waals surface area contributed by atoms with Crippen LogP contribution in [0.15, 0.2) is 52.5 Å². The molecule has 4 heteroatoms. The van der Waals surface area contributed by atoms with Crippen LogP contribution in [0.1, 0.15) is 26.2 Å². The van der Waals surface area contributed by atoms with Crippen LogP contribution in [0.3, 0.4) is 0 Å². The quantitative estimate of drug-likeness (QED) is 0.459. The van der Waals surface area contributed by atoms with Gasteiger partial charge in [0.15, 0.2) is 11.5 Å². The number of carbonyl (C=O) groups is 1. The Morgan fingerprint density at radius 3 is 2.65 bits per heavy atom. The number of hydrogen-bond acceptors (Lipinski definition) is 4. The van der Waals surface area contributed by atoms with E-state index in [4.69, 9.17) is 5.11 Å². The second kappa shape index (κ2) is 7.33. The first-order valence-electron chi connectivity index (χ1n) is 5.62. The molecular formula is C13H16N2O2. The number of unbranched alkanes of at least 4 members (excludes halogenated alkanes) is 1. The molecule has 0 aliphatic heterocycles. The smallest absolute Gasteiger partial charge is 0.186 e. The Labute approximate surface area is 101 Å². The average molecular weight is 232 g/mol. The number of nitrogens with zero attached hydrogens (tertiary/aromatic N) is 2. The molecule has 1 N–H and O–H groups in total. The number of allylic oxidation sites excluding steroid dienone is 1. The number of rotatable bonds is 6. The Hall–Kier alpha value is -1.97. The van der Waals surface area contributed by atoms with Crippen molar-refractivity contribution in [3.8, 4) is 0 Å². The molecule has 1 aromatic rings. The van der Waals surface area contributed by atoms with Crippen molar-refractivity contribution in [2.24, 2.45) is 10.2 Å². The molecule has 90 valence electrons. The molecule has 0 aliphatic rings. The molecule has 0 atom stereocenters. The first kappa shape index (κ1) is 13.1. The van der Waals surface area contributed by atoms with Gasteiger partial charge < -0.3 is 5.11 Å². The van der Waals surface area contributed by atoms with Gasteiger partial charge in [-0.3, -0.25) is 4.79 Å². The van der Waals surface area contributed by atoms with Gasteiger partial charge in [0, 0.05) is 6.42 Å².